The smallest absolute Gasteiger partial charge is 0.102 e. The van der Waals surface area contributed by atoms with E-state index in [1.807, 2.05) is 0 Å². The van der Waals surface area contributed by atoms with Crippen molar-refractivity contribution in [3.05, 3.63) is 0 Å². The van der Waals surface area contributed by atoms with Crippen LogP contribution in [-0.2, 0) is 4.74 Å². The van der Waals surface area contributed by atoms with Crippen molar-refractivity contribution in [1.82, 2.24) is 0 Å². The highest BCUT2D eigenvalue weighted by atomic mass is 32.2. The van der Waals surface area contributed by atoms with Gasteiger partial charge in [0.05, 0.1) is 13.2 Å². The van der Waals surface area contributed by atoms with Crippen molar-refractivity contribution in [3.8, 4) is 0 Å². The normalized spacial score (nSPS) is 29.0. The molecular weight excluding hydrogens is 116 g/mol. The maximum absolute atomic E-state index is 4.78. The highest BCUT2D eigenvalue weighted by molar-refractivity contribution is 8.00. The van der Waals surface area contributed by atoms with E-state index < -0.39 is 0 Å². The van der Waals surface area contributed by atoms with E-state index >= 15 is 0 Å². The van der Waals surface area contributed by atoms with Crippen molar-refractivity contribution in [2.45, 2.75) is 4.08 Å². The summed E-state index contributed by atoms with van der Waals surface area (Å²) in [5.74, 6) is 0. The molecule has 0 atom stereocenters. The summed E-state index contributed by atoms with van der Waals surface area (Å²) in [5.41, 5.74) is 0. The largest absolute Gasteiger partial charge is 0.377 e. The fourth-order valence-corrected chi connectivity index (χ4v) is 0.650. The van der Waals surface area contributed by atoms with Crippen LogP contribution in [0.4, 0.5) is 0 Å². The van der Waals surface area contributed by atoms with E-state index in [1.165, 1.54) is 0 Å². The Balaban J connectivity index is 2.31. The van der Waals surface area contributed by atoms with Crippen molar-refractivity contribution < 1.29 is 4.74 Å². The van der Waals surface area contributed by atoms with Crippen LogP contribution in [0.2, 0.25) is 0 Å². The summed E-state index contributed by atoms with van der Waals surface area (Å²) in [6.07, 6.45) is 0. The third-order valence-electron chi connectivity index (χ3n) is 0.666. The SMILES string of the molecule is SC1(S)COC1. The fourth-order valence-electron chi connectivity index (χ4n) is 0.285. The van der Waals surface area contributed by atoms with Crippen LogP contribution in [-0.4, -0.2) is 17.3 Å². The summed E-state index contributed by atoms with van der Waals surface area (Å²) in [5, 5.41) is 0. The molecule has 0 unspecified atom stereocenters. The Morgan fingerprint density at radius 1 is 1.33 bits per heavy atom. The lowest BCUT2D eigenvalue weighted by atomic mass is 10.4. The molecule has 0 saturated carbocycles. The fraction of sp³-hybridized carbons (Fsp3) is 1.00. The van der Waals surface area contributed by atoms with Gasteiger partial charge in [-0.2, -0.15) is 25.3 Å². The Morgan fingerprint density at radius 3 is 1.67 bits per heavy atom. The van der Waals surface area contributed by atoms with Gasteiger partial charge < -0.3 is 4.74 Å². The summed E-state index contributed by atoms with van der Waals surface area (Å²) < 4.78 is 4.67. The summed E-state index contributed by atoms with van der Waals surface area (Å²) >= 11 is 8.16. The molecule has 6 heavy (non-hydrogen) atoms. The van der Waals surface area contributed by atoms with Crippen molar-refractivity contribution in [2.24, 2.45) is 0 Å². The zero-order valence-electron chi connectivity index (χ0n) is 3.22. The van der Waals surface area contributed by atoms with Gasteiger partial charge in [-0.3, -0.25) is 0 Å². The number of ether oxygens (including phenoxy) is 1. The average molecular weight is 122 g/mol. The molecule has 3 heteroatoms. The first kappa shape index (κ1) is 4.81. The van der Waals surface area contributed by atoms with Crippen LogP contribution in [0.25, 0.3) is 0 Å². The number of hydrogen-bond acceptors (Lipinski definition) is 3. The molecule has 1 fully saturated rings. The van der Waals surface area contributed by atoms with Crippen LogP contribution in [0, 0.1) is 0 Å². The minimum atomic E-state index is -0.111. The quantitative estimate of drug-likeness (QED) is 0.353. The Bertz CT molecular complexity index is 55.8. The molecule has 0 aromatic carbocycles. The predicted molar refractivity (Wildman–Crippen MR) is 31.5 cm³/mol. The van der Waals surface area contributed by atoms with Crippen molar-refractivity contribution >= 4 is 25.3 Å². The van der Waals surface area contributed by atoms with Gasteiger partial charge in [0.1, 0.15) is 4.08 Å². The molecule has 1 aliphatic heterocycles. The first-order chi connectivity index (χ1) is 2.71. The van der Waals surface area contributed by atoms with E-state index in [1.54, 1.807) is 0 Å². The van der Waals surface area contributed by atoms with E-state index in [0.717, 1.165) is 0 Å². The zero-order valence-corrected chi connectivity index (χ0v) is 5.01. The number of thiol groups is 2. The van der Waals surface area contributed by atoms with Crippen LogP contribution in [0.5, 0.6) is 0 Å². The zero-order chi connectivity index (χ0) is 4.62. The monoisotopic (exact) mass is 122 g/mol. The molecule has 1 rings (SSSR count). The molecule has 1 heterocycles. The van der Waals surface area contributed by atoms with Gasteiger partial charge in [-0.05, 0) is 0 Å². The molecule has 0 radical (unpaired) electrons. The summed E-state index contributed by atoms with van der Waals surface area (Å²) in [4.78, 5) is 0. The molecule has 0 aromatic rings. The van der Waals surface area contributed by atoms with E-state index in [0.29, 0.717) is 13.2 Å². The van der Waals surface area contributed by atoms with E-state index in [9.17, 15) is 0 Å². The Kier molecular flexibility index (Phi) is 1.06. The third kappa shape index (κ3) is 0.832. The number of hydrogen-bond donors (Lipinski definition) is 2. The van der Waals surface area contributed by atoms with Crippen molar-refractivity contribution in [3.63, 3.8) is 0 Å². The Morgan fingerprint density at radius 2 is 1.67 bits per heavy atom. The molecule has 36 valence electrons. The Labute approximate surface area is 47.9 Å². The lowest BCUT2D eigenvalue weighted by Gasteiger charge is -2.31. The van der Waals surface area contributed by atoms with Crippen LogP contribution in [0.3, 0.4) is 0 Å². The molecule has 1 nitrogen and oxygen atoms in total. The number of rotatable bonds is 0. The van der Waals surface area contributed by atoms with Gasteiger partial charge in [-0.15, -0.1) is 0 Å². The van der Waals surface area contributed by atoms with Gasteiger partial charge in [-0.1, -0.05) is 0 Å². The van der Waals surface area contributed by atoms with Gasteiger partial charge in [0.25, 0.3) is 0 Å². The maximum Gasteiger partial charge on any atom is 0.102 e. The lowest BCUT2D eigenvalue weighted by molar-refractivity contribution is 0.0329. The van der Waals surface area contributed by atoms with Crippen molar-refractivity contribution in [2.75, 3.05) is 13.2 Å². The summed E-state index contributed by atoms with van der Waals surface area (Å²) in [6.45, 7) is 1.36. The maximum atomic E-state index is 4.78. The van der Waals surface area contributed by atoms with Gasteiger partial charge in [0.2, 0.25) is 0 Å². The van der Waals surface area contributed by atoms with Crippen molar-refractivity contribution in [1.29, 1.82) is 0 Å². The molecule has 0 bridgehead atoms. The second-order valence-electron chi connectivity index (χ2n) is 1.48. The summed E-state index contributed by atoms with van der Waals surface area (Å²) in [6, 6.07) is 0. The molecule has 0 N–H and O–H groups in total. The van der Waals surface area contributed by atoms with Crippen LogP contribution < -0.4 is 0 Å². The molecular formula is C3H6OS2. The second kappa shape index (κ2) is 1.32. The minimum absolute atomic E-state index is 0.111. The van der Waals surface area contributed by atoms with Gasteiger partial charge in [0, 0.05) is 0 Å². The first-order valence-electron chi connectivity index (χ1n) is 1.73. The predicted octanol–water partition coefficient (Wildman–Crippen LogP) is 0.572. The minimum Gasteiger partial charge on any atom is -0.377 e. The van der Waals surface area contributed by atoms with Crippen LogP contribution in [0.1, 0.15) is 0 Å². The van der Waals surface area contributed by atoms with E-state index in [4.69, 9.17) is 4.74 Å². The molecule has 1 saturated heterocycles. The summed E-state index contributed by atoms with van der Waals surface area (Å²) in [7, 11) is 0. The molecule has 0 aliphatic carbocycles. The van der Waals surface area contributed by atoms with E-state index in [-0.39, 0.29) is 4.08 Å². The molecule has 0 aromatic heterocycles. The molecule has 0 spiro atoms. The van der Waals surface area contributed by atoms with E-state index in [2.05, 4.69) is 25.3 Å². The van der Waals surface area contributed by atoms with Gasteiger partial charge in [-0.25, -0.2) is 0 Å². The highest BCUT2D eigenvalue weighted by Crippen LogP contribution is 2.27. The topological polar surface area (TPSA) is 9.23 Å². The molecule has 0 amide bonds. The van der Waals surface area contributed by atoms with Crippen LogP contribution in [0.15, 0.2) is 0 Å². The second-order valence-corrected chi connectivity index (χ2v) is 3.54. The van der Waals surface area contributed by atoms with Gasteiger partial charge in [0.15, 0.2) is 0 Å². The standard InChI is InChI=1S/C3H6OS2/c5-3(6)1-4-2-3/h5-6H,1-2H2. The molecule has 1 aliphatic rings. The van der Waals surface area contributed by atoms with Gasteiger partial charge >= 0.3 is 0 Å². The highest BCUT2D eigenvalue weighted by Gasteiger charge is 2.29. The average Bonchev–Trinajstić information content (AvgIpc) is 1.32. The lowest BCUT2D eigenvalue weighted by Crippen LogP contribution is -2.38. The third-order valence-corrected chi connectivity index (χ3v) is 1.18. The van der Waals surface area contributed by atoms with Crippen LogP contribution >= 0.6 is 25.3 Å². The first-order valence-corrected chi connectivity index (χ1v) is 2.63. The Hall–Kier alpha value is 0.660.